The molecule has 1 fully saturated rings. The SMILES string of the molecule is Fc1ccc(-n2cc(COc3cc(N4CC(F)(F)C4)ccn3)nn2)cc1OC(F)F. The van der Waals surface area contributed by atoms with Crippen molar-refractivity contribution in [3.05, 3.63) is 54.2 Å². The van der Waals surface area contributed by atoms with Crippen molar-refractivity contribution in [3.63, 3.8) is 0 Å². The largest absolute Gasteiger partial charge is 0.471 e. The first-order chi connectivity index (χ1) is 14.3. The number of pyridine rings is 1. The van der Waals surface area contributed by atoms with E-state index in [1.54, 1.807) is 6.07 Å². The van der Waals surface area contributed by atoms with E-state index in [4.69, 9.17) is 4.74 Å². The maximum absolute atomic E-state index is 13.5. The number of halogens is 5. The Hall–Kier alpha value is -3.44. The van der Waals surface area contributed by atoms with Gasteiger partial charge in [-0.05, 0) is 18.2 Å². The Labute approximate surface area is 166 Å². The Kier molecular flexibility index (Phi) is 5.14. The van der Waals surface area contributed by atoms with Gasteiger partial charge in [-0.2, -0.15) is 8.78 Å². The lowest BCUT2D eigenvalue weighted by Crippen LogP contribution is -2.56. The lowest BCUT2D eigenvalue weighted by Gasteiger charge is -2.40. The van der Waals surface area contributed by atoms with E-state index in [9.17, 15) is 22.0 Å². The molecule has 0 spiro atoms. The molecule has 1 aromatic carbocycles. The molecule has 7 nitrogen and oxygen atoms in total. The van der Waals surface area contributed by atoms with Gasteiger partial charge >= 0.3 is 6.61 Å². The molecule has 12 heteroatoms. The van der Waals surface area contributed by atoms with Gasteiger partial charge in [0.15, 0.2) is 11.6 Å². The molecule has 30 heavy (non-hydrogen) atoms. The minimum Gasteiger partial charge on any atom is -0.471 e. The molecular formula is C18H14F5N5O2. The highest BCUT2D eigenvalue weighted by Gasteiger charge is 2.44. The summed E-state index contributed by atoms with van der Waals surface area (Å²) in [5.74, 6) is -4.03. The number of nitrogens with zero attached hydrogens (tertiary/aromatic N) is 5. The van der Waals surface area contributed by atoms with Gasteiger partial charge in [-0.25, -0.2) is 22.8 Å². The van der Waals surface area contributed by atoms with E-state index < -0.39 is 24.1 Å². The Balaban J connectivity index is 1.41. The van der Waals surface area contributed by atoms with E-state index in [1.807, 2.05) is 0 Å². The zero-order valence-electron chi connectivity index (χ0n) is 15.2. The summed E-state index contributed by atoms with van der Waals surface area (Å²) in [6.07, 6.45) is 2.90. The fraction of sp³-hybridized carbons (Fsp3) is 0.278. The third kappa shape index (κ3) is 4.42. The molecule has 158 valence electrons. The third-order valence-electron chi connectivity index (χ3n) is 4.23. The van der Waals surface area contributed by atoms with Gasteiger partial charge < -0.3 is 14.4 Å². The van der Waals surface area contributed by atoms with Crippen LogP contribution < -0.4 is 14.4 Å². The molecule has 0 amide bonds. The standard InChI is InChI=1S/C18H14F5N5O2/c19-14-2-1-13(5-15(14)30-17(20)21)28-7-11(25-26-28)8-29-16-6-12(3-4-24-16)27-9-18(22,23)10-27/h1-7,17H,8-10H2. The van der Waals surface area contributed by atoms with Crippen LogP contribution in [-0.4, -0.2) is 45.6 Å². The summed E-state index contributed by atoms with van der Waals surface area (Å²) >= 11 is 0. The van der Waals surface area contributed by atoms with Crippen LogP contribution in [0.15, 0.2) is 42.7 Å². The third-order valence-corrected chi connectivity index (χ3v) is 4.23. The topological polar surface area (TPSA) is 65.3 Å². The maximum Gasteiger partial charge on any atom is 0.387 e. The minimum absolute atomic E-state index is 0.0335. The molecule has 3 heterocycles. The van der Waals surface area contributed by atoms with Crippen molar-refractivity contribution in [1.29, 1.82) is 0 Å². The summed E-state index contributed by atoms with van der Waals surface area (Å²) in [6, 6.07) is 6.49. The van der Waals surface area contributed by atoms with Crippen LogP contribution in [0.1, 0.15) is 5.69 Å². The Morgan fingerprint density at radius 3 is 2.63 bits per heavy atom. The molecule has 0 aliphatic carbocycles. The van der Waals surface area contributed by atoms with Crippen molar-refractivity contribution in [1.82, 2.24) is 20.0 Å². The monoisotopic (exact) mass is 427 g/mol. The zero-order valence-corrected chi connectivity index (χ0v) is 15.2. The Bertz CT molecular complexity index is 1040. The van der Waals surface area contributed by atoms with Crippen molar-refractivity contribution < 1.29 is 31.4 Å². The highest BCUT2D eigenvalue weighted by Crippen LogP contribution is 2.32. The number of benzene rings is 1. The number of alkyl halides is 4. The molecule has 0 saturated carbocycles. The number of hydrogen-bond acceptors (Lipinski definition) is 6. The number of rotatable bonds is 7. The van der Waals surface area contributed by atoms with E-state index in [1.165, 1.54) is 34.1 Å². The molecule has 1 saturated heterocycles. The van der Waals surface area contributed by atoms with Gasteiger partial charge in [-0.1, -0.05) is 5.21 Å². The molecule has 0 N–H and O–H groups in total. The second-order valence-corrected chi connectivity index (χ2v) is 6.50. The van der Waals surface area contributed by atoms with E-state index in [0.29, 0.717) is 11.4 Å². The Morgan fingerprint density at radius 2 is 1.90 bits per heavy atom. The molecule has 4 rings (SSSR count). The predicted octanol–water partition coefficient (Wildman–Crippen LogP) is 3.44. The number of hydrogen-bond donors (Lipinski definition) is 0. The number of aromatic nitrogens is 4. The van der Waals surface area contributed by atoms with Crippen LogP contribution in [0.4, 0.5) is 27.6 Å². The number of anilines is 1. The molecule has 3 aromatic rings. The maximum atomic E-state index is 13.5. The molecule has 0 radical (unpaired) electrons. The second kappa shape index (κ2) is 7.76. The molecule has 0 atom stereocenters. The summed E-state index contributed by atoms with van der Waals surface area (Å²) in [5, 5.41) is 7.73. The highest BCUT2D eigenvalue weighted by atomic mass is 19.3. The first-order valence-corrected chi connectivity index (χ1v) is 8.67. The minimum atomic E-state index is -3.17. The molecular weight excluding hydrogens is 413 g/mol. The normalized spacial score (nSPS) is 15.2. The molecule has 2 aromatic heterocycles. The molecule has 1 aliphatic rings. The first kappa shape index (κ1) is 19.9. The van der Waals surface area contributed by atoms with Gasteiger partial charge in [0.2, 0.25) is 5.88 Å². The van der Waals surface area contributed by atoms with Crippen molar-refractivity contribution in [2.24, 2.45) is 0 Å². The second-order valence-electron chi connectivity index (χ2n) is 6.50. The van der Waals surface area contributed by atoms with Gasteiger partial charge in [0.05, 0.1) is 25.0 Å². The van der Waals surface area contributed by atoms with Crippen LogP contribution >= 0.6 is 0 Å². The molecule has 0 bridgehead atoms. The lowest BCUT2D eigenvalue weighted by molar-refractivity contribution is -0.0522. The van der Waals surface area contributed by atoms with Gasteiger partial charge in [0, 0.05) is 24.0 Å². The summed E-state index contributed by atoms with van der Waals surface area (Å²) in [5.41, 5.74) is 1.19. The van der Waals surface area contributed by atoms with E-state index in [0.717, 1.165) is 12.1 Å². The fourth-order valence-electron chi connectivity index (χ4n) is 2.83. The van der Waals surface area contributed by atoms with Crippen LogP contribution in [-0.2, 0) is 6.61 Å². The first-order valence-electron chi connectivity index (χ1n) is 8.67. The van der Waals surface area contributed by atoms with Crippen molar-refractivity contribution in [2.45, 2.75) is 19.1 Å². The molecule has 1 aliphatic heterocycles. The fourth-order valence-corrected chi connectivity index (χ4v) is 2.83. The summed E-state index contributed by atoms with van der Waals surface area (Å²) < 4.78 is 75.2. The van der Waals surface area contributed by atoms with E-state index in [-0.39, 0.29) is 31.3 Å². The van der Waals surface area contributed by atoms with Crippen LogP contribution in [0, 0.1) is 5.82 Å². The lowest BCUT2D eigenvalue weighted by atomic mass is 10.1. The van der Waals surface area contributed by atoms with Gasteiger partial charge in [-0.3, -0.25) is 0 Å². The molecule has 0 unspecified atom stereocenters. The van der Waals surface area contributed by atoms with Gasteiger partial charge in [0.25, 0.3) is 5.92 Å². The van der Waals surface area contributed by atoms with E-state index in [2.05, 4.69) is 20.0 Å². The predicted molar refractivity (Wildman–Crippen MR) is 93.7 cm³/mol. The van der Waals surface area contributed by atoms with Gasteiger partial charge in [-0.15, -0.1) is 5.10 Å². The average Bonchev–Trinajstić information content (AvgIpc) is 3.15. The number of ether oxygens (including phenoxy) is 2. The van der Waals surface area contributed by atoms with Crippen molar-refractivity contribution >= 4 is 5.69 Å². The smallest absolute Gasteiger partial charge is 0.387 e. The van der Waals surface area contributed by atoms with E-state index >= 15 is 0 Å². The zero-order chi connectivity index (χ0) is 21.3. The highest BCUT2D eigenvalue weighted by molar-refractivity contribution is 5.51. The summed E-state index contributed by atoms with van der Waals surface area (Å²) in [6.45, 7) is -3.92. The van der Waals surface area contributed by atoms with Gasteiger partial charge in [0.1, 0.15) is 12.3 Å². The quantitative estimate of drug-likeness (QED) is 0.539. The summed E-state index contributed by atoms with van der Waals surface area (Å²) in [7, 11) is 0. The van der Waals surface area contributed by atoms with Crippen LogP contribution in [0.25, 0.3) is 5.69 Å². The van der Waals surface area contributed by atoms with Crippen LogP contribution in [0.3, 0.4) is 0 Å². The average molecular weight is 427 g/mol. The van der Waals surface area contributed by atoms with Crippen molar-refractivity contribution in [2.75, 3.05) is 18.0 Å². The Morgan fingerprint density at radius 1 is 1.10 bits per heavy atom. The van der Waals surface area contributed by atoms with Crippen molar-refractivity contribution in [3.8, 4) is 17.3 Å². The van der Waals surface area contributed by atoms with Crippen LogP contribution in [0.2, 0.25) is 0 Å². The van der Waals surface area contributed by atoms with Crippen LogP contribution in [0.5, 0.6) is 11.6 Å². The summed E-state index contributed by atoms with van der Waals surface area (Å²) in [4.78, 5) is 5.52.